The van der Waals surface area contributed by atoms with Gasteiger partial charge in [0, 0.05) is 63.9 Å². The molecule has 0 radical (unpaired) electrons. The van der Waals surface area contributed by atoms with Gasteiger partial charge in [0.25, 0.3) is 0 Å². The third kappa shape index (κ3) is 7.45. The number of piperazine rings is 1. The first-order valence-electron chi connectivity index (χ1n) is 11.0. The lowest BCUT2D eigenvalue weighted by molar-refractivity contribution is 0.0824. The van der Waals surface area contributed by atoms with Gasteiger partial charge >= 0.3 is 0 Å². The van der Waals surface area contributed by atoms with Gasteiger partial charge in [-0.25, -0.2) is 0 Å². The van der Waals surface area contributed by atoms with Crippen LogP contribution < -0.4 is 5.32 Å². The number of nitrogens with one attached hydrogen (secondary N) is 1. The van der Waals surface area contributed by atoms with E-state index in [0.717, 1.165) is 95.7 Å². The summed E-state index contributed by atoms with van der Waals surface area (Å²) in [5.41, 5.74) is 1.27. The lowest BCUT2D eigenvalue weighted by Crippen LogP contribution is -2.52. The zero-order chi connectivity index (χ0) is 20.5. The highest BCUT2D eigenvalue weighted by Gasteiger charge is 2.20. The van der Waals surface area contributed by atoms with E-state index in [1.807, 2.05) is 12.1 Å². The minimum atomic E-state index is -0.0952. The van der Waals surface area contributed by atoms with Crippen LogP contribution in [0, 0.1) is 0 Å². The maximum atomic E-state index is 9.62. The van der Waals surface area contributed by atoms with Crippen molar-refractivity contribution < 1.29 is 5.11 Å². The fraction of sp³-hybridized carbons (Fsp3) is 0.682. The lowest BCUT2D eigenvalue weighted by atomic mass is 10.1. The van der Waals surface area contributed by atoms with Crippen LogP contribution in [0.4, 0.5) is 0 Å². The van der Waals surface area contributed by atoms with Crippen molar-refractivity contribution in [2.24, 2.45) is 4.99 Å². The molecule has 0 unspecified atom stereocenters. The van der Waals surface area contributed by atoms with Crippen LogP contribution in [0.5, 0.6) is 0 Å². The Balaban J connectivity index is 1.41. The number of aliphatic imine (C=N–C) groups is 1. The minimum Gasteiger partial charge on any atom is -0.393 e. The fourth-order valence-electron chi connectivity index (χ4n) is 4.06. The third-order valence-corrected chi connectivity index (χ3v) is 5.99. The predicted molar refractivity (Wildman–Crippen MR) is 121 cm³/mol. The van der Waals surface area contributed by atoms with Crippen molar-refractivity contribution >= 4 is 17.6 Å². The number of likely N-dealkylation sites (tertiary alicyclic amines) is 1. The molecule has 2 N–H and O–H groups in total. The molecule has 0 spiro atoms. The molecule has 0 amide bonds. The van der Waals surface area contributed by atoms with Crippen molar-refractivity contribution in [1.82, 2.24) is 20.0 Å². The number of benzene rings is 1. The number of aliphatic hydroxyl groups is 1. The Kier molecular flexibility index (Phi) is 9.05. The largest absolute Gasteiger partial charge is 0.393 e. The van der Waals surface area contributed by atoms with Crippen molar-refractivity contribution in [1.29, 1.82) is 0 Å². The van der Waals surface area contributed by atoms with Crippen LogP contribution in [-0.4, -0.2) is 90.8 Å². The van der Waals surface area contributed by atoms with Crippen LogP contribution in [0.2, 0.25) is 5.02 Å². The first-order chi connectivity index (χ1) is 14.1. The van der Waals surface area contributed by atoms with Gasteiger partial charge in [-0.2, -0.15) is 0 Å². The van der Waals surface area contributed by atoms with Gasteiger partial charge in [-0.3, -0.25) is 9.89 Å². The molecule has 0 saturated carbocycles. The molecule has 2 fully saturated rings. The second-order valence-corrected chi connectivity index (χ2v) is 8.49. The Morgan fingerprint density at radius 2 is 1.90 bits per heavy atom. The molecule has 0 aliphatic carbocycles. The van der Waals surface area contributed by atoms with E-state index in [9.17, 15) is 5.11 Å². The van der Waals surface area contributed by atoms with Crippen molar-refractivity contribution in [3.05, 3.63) is 34.9 Å². The molecule has 3 rings (SSSR count). The Labute approximate surface area is 180 Å². The number of hydrogen-bond acceptors (Lipinski definition) is 4. The highest BCUT2D eigenvalue weighted by Crippen LogP contribution is 2.14. The molecule has 6 nitrogen and oxygen atoms in total. The molecule has 0 aromatic heterocycles. The van der Waals surface area contributed by atoms with Gasteiger partial charge in [0.05, 0.1) is 6.10 Å². The number of halogens is 1. The standard InChI is InChI=1S/C22H36ClN5O/c1-2-24-22(25-9-4-10-26-11-7-21(29)8-12-26)28-15-13-27(14-16-28)18-19-5-3-6-20(23)17-19/h3,5-6,17,21,29H,2,4,7-16,18H2,1H3,(H,24,25). The summed E-state index contributed by atoms with van der Waals surface area (Å²) in [4.78, 5) is 12.2. The second-order valence-electron chi connectivity index (χ2n) is 8.06. The van der Waals surface area contributed by atoms with Gasteiger partial charge in [-0.05, 0) is 50.4 Å². The molecular weight excluding hydrogens is 386 g/mol. The van der Waals surface area contributed by atoms with Gasteiger partial charge in [0.1, 0.15) is 0 Å². The van der Waals surface area contributed by atoms with Crippen molar-refractivity contribution in [2.45, 2.75) is 38.8 Å². The molecular formula is C22H36ClN5O. The Bertz CT molecular complexity index is 640. The topological polar surface area (TPSA) is 54.3 Å². The van der Waals surface area contributed by atoms with E-state index >= 15 is 0 Å². The predicted octanol–water partition coefficient (Wildman–Crippen LogP) is 2.27. The normalized spacial score (nSPS) is 20.2. The van der Waals surface area contributed by atoms with Crippen molar-refractivity contribution in [3.8, 4) is 0 Å². The molecule has 29 heavy (non-hydrogen) atoms. The Morgan fingerprint density at radius 1 is 1.14 bits per heavy atom. The highest BCUT2D eigenvalue weighted by molar-refractivity contribution is 6.30. The van der Waals surface area contributed by atoms with Gasteiger partial charge < -0.3 is 20.2 Å². The quantitative estimate of drug-likeness (QED) is 0.402. The number of aliphatic hydroxyl groups excluding tert-OH is 1. The summed E-state index contributed by atoms with van der Waals surface area (Å²) < 4.78 is 0. The monoisotopic (exact) mass is 421 g/mol. The van der Waals surface area contributed by atoms with E-state index in [-0.39, 0.29) is 6.10 Å². The number of guanidine groups is 1. The van der Waals surface area contributed by atoms with E-state index in [2.05, 4.69) is 39.1 Å². The van der Waals surface area contributed by atoms with Gasteiger partial charge in [-0.15, -0.1) is 0 Å². The fourth-order valence-corrected chi connectivity index (χ4v) is 4.27. The van der Waals surface area contributed by atoms with Crippen LogP contribution >= 0.6 is 11.6 Å². The summed E-state index contributed by atoms with van der Waals surface area (Å²) in [7, 11) is 0. The molecule has 2 heterocycles. The van der Waals surface area contributed by atoms with Gasteiger partial charge in [0.15, 0.2) is 5.96 Å². The molecule has 1 aromatic carbocycles. The van der Waals surface area contributed by atoms with E-state index in [1.165, 1.54) is 5.56 Å². The van der Waals surface area contributed by atoms with E-state index in [0.29, 0.717) is 0 Å². The summed E-state index contributed by atoms with van der Waals surface area (Å²) in [6.45, 7) is 12.0. The maximum absolute atomic E-state index is 9.62. The molecule has 0 atom stereocenters. The summed E-state index contributed by atoms with van der Waals surface area (Å²) in [6, 6.07) is 8.15. The Morgan fingerprint density at radius 3 is 2.59 bits per heavy atom. The van der Waals surface area contributed by atoms with E-state index in [1.54, 1.807) is 0 Å². The highest BCUT2D eigenvalue weighted by atomic mass is 35.5. The molecule has 1 aromatic rings. The lowest BCUT2D eigenvalue weighted by Gasteiger charge is -2.36. The van der Waals surface area contributed by atoms with E-state index < -0.39 is 0 Å². The van der Waals surface area contributed by atoms with Crippen LogP contribution in [0.3, 0.4) is 0 Å². The average Bonchev–Trinajstić information content (AvgIpc) is 2.72. The second kappa shape index (κ2) is 11.7. The number of piperidine rings is 1. The SMILES string of the molecule is CCNC(=NCCCN1CCC(O)CC1)N1CCN(Cc2cccc(Cl)c2)CC1. The Hall–Kier alpha value is -1.34. The number of rotatable bonds is 7. The van der Waals surface area contributed by atoms with E-state index in [4.69, 9.17) is 16.6 Å². The maximum Gasteiger partial charge on any atom is 0.194 e. The smallest absolute Gasteiger partial charge is 0.194 e. The van der Waals surface area contributed by atoms with Crippen LogP contribution in [0.1, 0.15) is 31.7 Å². The zero-order valence-corrected chi connectivity index (χ0v) is 18.4. The third-order valence-electron chi connectivity index (χ3n) is 5.75. The van der Waals surface area contributed by atoms with Crippen molar-refractivity contribution in [3.63, 3.8) is 0 Å². The molecule has 162 valence electrons. The number of hydrogen-bond donors (Lipinski definition) is 2. The first kappa shape index (κ1) is 22.3. The zero-order valence-electron chi connectivity index (χ0n) is 17.7. The first-order valence-corrected chi connectivity index (χ1v) is 11.4. The average molecular weight is 422 g/mol. The molecule has 2 aliphatic heterocycles. The van der Waals surface area contributed by atoms with Gasteiger partial charge in [-0.1, -0.05) is 23.7 Å². The molecule has 0 bridgehead atoms. The minimum absolute atomic E-state index is 0.0952. The molecule has 7 heteroatoms. The summed E-state index contributed by atoms with van der Waals surface area (Å²) in [5, 5.41) is 13.9. The van der Waals surface area contributed by atoms with Crippen LogP contribution in [0.25, 0.3) is 0 Å². The van der Waals surface area contributed by atoms with Gasteiger partial charge in [0.2, 0.25) is 0 Å². The van der Waals surface area contributed by atoms with Crippen LogP contribution in [0.15, 0.2) is 29.3 Å². The molecule has 2 aliphatic rings. The number of nitrogens with zero attached hydrogens (tertiary/aromatic N) is 4. The summed E-state index contributed by atoms with van der Waals surface area (Å²) in [5.74, 6) is 1.05. The summed E-state index contributed by atoms with van der Waals surface area (Å²) in [6.07, 6.45) is 2.79. The van der Waals surface area contributed by atoms with Crippen LogP contribution in [-0.2, 0) is 6.54 Å². The molecule has 2 saturated heterocycles. The van der Waals surface area contributed by atoms with Crippen molar-refractivity contribution in [2.75, 3.05) is 58.9 Å². The summed E-state index contributed by atoms with van der Waals surface area (Å²) >= 11 is 6.11.